The van der Waals surface area contributed by atoms with Gasteiger partial charge in [-0.1, -0.05) is 12.1 Å². The number of benzene rings is 2. The number of carbonyl (C=O) groups is 1. The molecule has 0 spiro atoms. The van der Waals surface area contributed by atoms with Crippen molar-refractivity contribution in [3.63, 3.8) is 0 Å². The van der Waals surface area contributed by atoms with E-state index in [9.17, 15) is 4.79 Å². The smallest absolute Gasteiger partial charge is 0.412 e. The Kier molecular flexibility index (Phi) is 6.87. The molecule has 6 nitrogen and oxygen atoms in total. The lowest BCUT2D eigenvalue weighted by Crippen LogP contribution is -2.44. The Hall–Kier alpha value is -2.73. The molecule has 30 heavy (non-hydrogen) atoms. The molecule has 2 aromatic rings. The second-order valence-electron chi connectivity index (χ2n) is 9.01. The van der Waals surface area contributed by atoms with E-state index in [-0.39, 0.29) is 0 Å². The van der Waals surface area contributed by atoms with Gasteiger partial charge in [-0.15, -0.1) is 0 Å². The lowest BCUT2D eigenvalue weighted by atomic mass is 10.0. The predicted octanol–water partition coefficient (Wildman–Crippen LogP) is 4.15. The average Bonchev–Trinajstić information content (AvgIpc) is 2.66. The van der Waals surface area contributed by atoms with Crippen LogP contribution in [0.1, 0.15) is 31.9 Å². The number of nitrogens with one attached hydrogen (secondary N) is 1. The number of aryl methyl sites for hydroxylation is 2. The van der Waals surface area contributed by atoms with Gasteiger partial charge in [0.1, 0.15) is 5.60 Å². The van der Waals surface area contributed by atoms with Crippen molar-refractivity contribution in [3.8, 4) is 0 Å². The third-order valence-electron chi connectivity index (χ3n) is 5.20. The van der Waals surface area contributed by atoms with Gasteiger partial charge >= 0.3 is 6.09 Å². The number of nitrogens with zero attached hydrogens (tertiary/aromatic N) is 2. The van der Waals surface area contributed by atoms with Gasteiger partial charge in [0.15, 0.2) is 0 Å². The summed E-state index contributed by atoms with van der Waals surface area (Å²) in [6, 6.07) is 14.2. The zero-order valence-corrected chi connectivity index (χ0v) is 18.6. The molecule has 0 aromatic heterocycles. The first-order chi connectivity index (χ1) is 14.2. The van der Waals surface area contributed by atoms with Crippen LogP contribution in [0.3, 0.4) is 0 Å². The highest BCUT2D eigenvalue weighted by Gasteiger charge is 2.18. The molecular weight excluding hydrogens is 376 g/mol. The summed E-state index contributed by atoms with van der Waals surface area (Å²) in [6.07, 6.45) is 1.32. The van der Waals surface area contributed by atoms with E-state index in [1.807, 2.05) is 45.0 Å². The molecule has 0 saturated carbocycles. The van der Waals surface area contributed by atoms with Crippen LogP contribution in [0, 0.1) is 0 Å². The van der Waals surface area contributed by atoms with E-state index in [2.05, 4.69) is 40.4 Å². The first-order valence-corrected chi connectivity index (χ1v) is 10.6. The lowest BCUT2D eigenvalue weighted by molar-refractivity contribution is 0.0636. The van der Waals surface area contributed by atoms with Crippen LogP contribution >= 0.6 is 0 Å². The average molecular weight is 411 g/mol. The number of amides is 1. The molecule has 0 radical (unpaired) electrons. The van der Waals surface area contributed by atoms with Crippen molar-refractivity contribution in [1.82, 2.24) is 4.90 Å². The first kappa shape index (κ1) is 22.0. The number of carbonyl (C=O) groups excluding carboxylic acids is 1. The number of ether oxygens (including phenoxy) is 1. The molecule has 0 aliphatic carbocycles. The molecule has 3 rings (SSSR count). The fourth-order valence-electron chi connectivity index (χ4n) is 3.67. The summed E-state index contributed by atoms with van der Waals surface area (Å²) in [5.74, 6) is 0. The van der Waals surface area contributed by atoms with Gasteiger partial charge in [-0.3, -0.25) is 5.32 Å². The maximum Gasteiger partial charge on any atom is 0.412 e. The molecule has 1 aliphatic rings. The number of nitrogen functional groups attached to an aromatic ring is 1. The van der Waals surface area contributed by atoms with Crippen LogP contribution in [-0.2, 0) is 17.6 Å². The molecule has 1 fully saturated rings. The molecule has 162 valence electrons. The Labute approximate surface area is 180 Å². The standard InChI is InChI=1S/C24H34N4O2/c1-24(2,3)30-23(29)26-21-7-5-6-18(16-21)8-9-19-17-20(25)10-11-22(19)28-14-12-27(4)13-15-28/h5-7,10-11,16-17H,8-9,12-15,25H2,1-4H3,(H,26,29). The number of anilines is 3. The van der Waals surface area contributed by atoms with E-state index in [1.165, 1.54) is 11.3 Å². The molecule has 0 atom stereocenters. The van der Waals surface area contributed by atoms with Gasteiger partial charge in [0, 0.05) is 43.2 Å². The molecule has 3 N–H and O–H groups in total. The summed E-state index contributed by atoms with van der Waals surface area (Å²) < 4.78 is 5.34. The van der Waals surface area contributed by atoms with Crippen LogP contribution in [0.5, 0.6) is 0 Å². The van der Waals surface area contributed by atoms with Crippen molar-refractivity contribution in [3.05, 3.63) is 53.6 Å². The Bertz CT molecular complexity index is 868. The quantitative estimate of drug-likeness (QED) is 0.725. The SMILES string of the molecule is CN1CCN(c2ccc(N)cc2CCc2cccc(NC(=O)OC(C)(C)C)c2)CC1. The molecule has 1 amide bonds. The lowest BCUT2D eigenvalue weighted by Gasteiger charge is -2.35. The molecule has 0 unspecified atom stereocenters. The zero-order chi connectivity index (χ0) is 21.7. The fraction of sp³-hybridized carbons (Fsp3) is 0.458. The number of nitrogens with two attached hydrogens (primary N) is 1. The van der Waals surface area contributed by atoms with Crippen LogP contribution in [0.2, 0.25) is 0 Å². The summed E-state index contributed by atoms with van der Waals surface area (Å²) in [5, 5.41) is 2.82. The largest absolute Gasteiger partial charge is 0.444 e. The highest BCUT2D eigenvalue weighted by molar-refractivity contribution is 5.84. The molecule has 2 aromatic carbocycles. The van der Waals surface area contributed by atoms with Crippen molar-refractivity contribution < 1.29 is 9.53 Å². The Morgan fingerprint density at radius 3 is 2.50 bits per heavy atom. The Balaban J connectivity index is 1.67. The fourth-order valence-corrected chi connectivity index (χ4v) is 3.67. The van der Waals surface area contributed by atoms with Crippen LogP contribution in [0.25, 0.3) is 0 Å². The Morgan fingerprint density at radius 1 is 1.07 bits per heavy atom. The molecule has 1 heterocycles. The molecular formula is C24H34N4O2. The highest BCUT2D eigenvalue weighted by Crippen LogP contribution is 2.26. The summed E-state index contributed by atoms with van der Waals surface area (Å²) in [4.78, 5) is 16.9. The Morgan fingerprint density at radius 2 is 1.80 bits per heavy atom. The normalized spacial score (nSPS) is 15.1. The summed E-state index contributed by atoms with van der Waals surface area (Å²) in [5.41, 5.74) is 10.8. The highest BCUT2D eigenvalue weighted by atomic mass is 16.6. The summed E-state index contributed by atoms with van der Waals surface area (Å²) in [7, 11) is 2.17. The number of hydrogen-bond acceptors (Lipinski definition) is 5. The predicted molar refractivity (Wildman–Crippen MR) is 124 cm³/mol. The van der Waals surface area contributed by atoms with Crippen LogP contribution in [-0.4, -0.2) is 49.8 Å². The van der Waals surface area contributed by atoms with E-state index >= 15 is 0 Å². The second-order valence-corrected chi connectivity index (χ2v) is 9.01. The maximum atomic E-state index is 12.0. The monoisotopic (exact) mass is 410 g/mol. The molecule has 0 bridgehead atoms. The van der Waals surface area contributed by atoms with Gasteiger partial charge in [-0.25, -0.2) is 4.79 Å². The van der Waals surface area contributed by atoms with Gasteiger partial charge in [0.2, 0.25) is 0 Å². The van der Waals surface area contributed by atoms with Gasteiger partial charge in [0.25, 0.3) is 0 Å². The van der Waals surface area contributed by atoms with E-state index < -0.39 is 11.7 Å². The third-order valence-corrected chi connectivity index (χ3v) is 5.20. The van der Waals surface area contributed by atoms with Gasteiger partial charge < -0.3 is 20.3 Å². The number of rotatable bonds is 5. The minimum atomic E-state index is -0.519. The van der Waals surface area contributed by atoms with Crippen molar-refractivity contribution in [2.24, 2.45) is 0 Å². The van der Waals surface area contributed by atoms with Crippen molar-refractivity contribution in [1.29, 1.82) is 0 Å². The van der Waals surface area contributed by atoms with Crippen molar-refractivity contribution >= 4 is 23.2 Å². The zero-order valence-electron chi connectivity index (χ0n) is 18.6. The summed E-state index contributed by atoms with van der Waals surface area (Å²) >= 11 is 0. The van der Waals surface area contributed by atoms with Gasteiger partial charge in [0.05, 0.1) is 0 Å². The van der Waals surface area contributed by atoms with Crippen LogP contribution in [0.4, 0.5) is 21.9 Å². The van der Waals surface area contributed by atoms with Crippen LogP contribution in [0.15, 0.2) is 42.5 Å². The van der Waals surface area contributed by atoms with Gasteiger partial charge in [-0.05, 0) is 82.1 Å². The molecule has 6 heteroatoms. The number of likely N-dealkylation sites (N-methyl/N-ethyl adjacent to an activating group) is 1. The minimum absolute atomic E-state index is 0.437. The van der Waals surface area contributed by atoms with Crippen LogP contribution < -0.4 is 16.0 Å². The minimum Gasteiger partial charge on any atom is -0.444 e. The maximum absolute atomic E-state index is 12.0. The van der Waals surface area contributed by atoms with Crippen molar-refractivity contribution in [2.75, 3.05) is 49.2 Å². The number of hydrogen-bond donors (Lipinski definition) is 2. The van der Waals surface area contributed by atoms with Crippen molar-refractivity contribution in [2.45, 2.75) is 39.2 Å². The number of piperazine rings is 1. The second kappa shape index (κ2) is 9.39. The van der Waals surface area contributed by atoms with Gasteiger partial charge in [-0.2, -0.15) is 0 Å². The third kappa shape index (κ3) is 6.39. The van der Waals surface area contributed by atoms with E-state index in [1.54, 1.807) is 0 Å². The van der Waals surface area contributed by atoms with E-state index in [0.29, 0.717) is 0 Å². The summed E-state index contributed by atoms with van der Waals surface area (Å²) in [6.45, 7) is 9.77. The first-order valence-electron chi connectivity index (χ1n) is 10.6. The molecule has 1 saturated heterocycles. The molecule has 1 aliphatic heterocycles. The van der Waals surface area contributed by atoms with E-state index in [0.717, 1.165) is 56.0 Å². The topological polar surface area (TPSA) is 70.8 Å². The van der Waals surface area contributed by atoms with E-state index in [4.69, 9.17) is 10.5 Å².